The second-order valence-corrected chi connectivity index (χ2v) is 7.21. The van der Waals surface area contributed by atoms with Gasteiger partial charge in [0.05, 0.1) is 26.4 Å². The van der Waals surface area contributed by atoms with Gasteiger partial charge < -0.3 is 18.9 Å². The monoisotopic (exact) mass is 332 g/mol. The standard InChI is InChI=1S/C14H21BrO4/c1-11(9-15)10-3-4-12(11,2)14(18-7-8-19-14)13(10)16-5-6-17-13/h10H,3-9H2,1-2H3/t10-,11-,12+/m0/s1. The molecule has 4 rings (SSSR count). The molecule has 0 aromatic carbocycles. The zero-order valence-electron chi connectivity index (χ0n) is 11.5. The number of hydrogen-bond acceptors (Lipinski definition) is 4. The Balaban J connectivity index is 1.93. The SMILES string of the molecule is C[C@]1(CBr)[C@@H]2CC[C@@]1(C)C1(OCCO1)C21OCCO1. The molecule has 0 amide bonds. The smallest absolute Gasteiger partial charge is 0.230 e. The molecule has 0 unspecified atom stereocenters. The second-order valence-electron chi connectivity index (χ2n) is 6.65. The molecule has 2 aliphatic heterocycles. The predicted octanol–water partition coefficient (Wildman–Crippen LogP) is 2.30. The van der Waals surface area contributed by atoms with Crippen molar-refractivity contribution in [3.8, 4) is 0 Å². The van der Waals surface area contributed by atoms with E-state index in [0.717, 1.165) is 18.2 Å². The Kier molecular flexibility index (Phi) is 2.56. The van der Waals surface area contributed by atoms with Crippen molar-refractivity contribution < 1.29 is 18.9 Å². The van der Waals surface area contributed by atoms with Gasteiger partial charge in [-0.25, -0.2) is 0 Å². The Morgan fingerprint density at radius 2 is 1.58 bits per heavy atom. The van der Waals surface area contributed by atoms with Crippen molar-refractivity contribution in [1.29, 1.82) is 0 Å². The molecule has 2 heterocycles. The Morgan fingerprint density at radius 1 is 1.00 bits per heavy atom. The lowest BCUT2D eigenvalue weighted by Gasteiger charge is -2.49. The molecule has 0 aromatic heterocycles. The van der Waals surface area contributed by atoms with Crippen LogP contribution in [-0.2, 0) is 18.9 Å². The van der Waals surface area contributed by atoms with E-state index < -0.39 is 11.6 Å². The summed E-state index contributed by atoms with van der Waals surface area (Å²) in [6.07, 6.45) is 2.22. The Bertz CT molecular complexity index is 402. The maximum absolute atomic E-state index is 6.18. The highest BCUT2D eigenvalue weighted by atomic mass is 79.9. The summed E-state index contributed by atoms with van der Waals surface area (Å²) in [5, 5.41) is 0.921. The molecule has 4 aliphatic rings. The molecule has 0 radical (unpaired) electrons. The highest BCUT2D eigenvalue weighted by molar-refractivity contribution is 9.09. The highest BCUT2D eigenvalue weighted by Gasteiger charge is 2.86. The van der Waals surface area contributed by atoms with Crippen molar-refractivity contribution in [2.24, 2.45) is 16.7 Å². The Hall–Kier alpha value is 0.320. The third-order valence-electron chi connectivity index (χ3n) is 6.29. The molecule has 3 atom stereocenters. The van der Waals surface area contributed by atoms with Crippen molar-refractivity contribution in [3.05, 3.63) is 0 Å². The first-order valence-electron chi connectivity index (χ1n) is 7.18. The van der Waals surface area contributed by atoms with Gasteiger partial charge in [-0.05, 0) is 18.3 Å². The van der Waals surface area contributed by atoms with Crippen molar-refractivity contribution in [3.63, 3.8) is 0 Å². The first-order valence-corrected chi connectivity index (χ1v) is 8.30. The second kappa shape index (κ2) is 3.74. The lowest BCUT2D eigenvalue weighted by molar-refractivity contribution is -0.381. The molecule has 2 aliphatic carbocycles. The first kappa shape index (κ1) is 13.0. The minimum Gasteiger partial charge on any atom is -0.343 e. The van der Waals surface area contributed by atoms with Crippen LogP contribution < -0.4 is 0 Å². The van der Waals surface area contributed by atoms with Crippen LogP contribution in [0, 0.1) is 16.7 Å². The van der Waals surface area contributed by atoms with Crippen LogP contribution in [0.2, 0.25) is 0 Å². The fraction of sp³-hybridized carbons (Fsp3) is 1.00. The number of alkyl halides is 1. The summed E-state index contributed by atoms with van der Waals surface area (Å²) in [6.45, 7) is 7.16. The van der Waals surface area contributed by atoms with E-state index in [1.54, 1.807) is 0 Å². The van der Waals surface area contributed by atoms with Crippen LogP contribution >= 0.6 is 15.9 Å². The number of halogens is 1. The topological polar surface area (TPSA) is 36.9 Å². The molecule has 108 valence electrons. The van der Waals surface area contributed by atoms with Crippen molar-refractivity contribution in [1.82, 2.24) is 0 Å². The Labute approximate surface area is 122 Å². The van der Waals surface area contributed by atoms with Gasteiger partial charge in [0.2, 0.25) is 11.6 Å². The zero-order valence-corrected chi connectivity index (χ0v) is 13.1. The molecular formula is C14H21BrO4. The summed E-state index contributed by atoms with van der Waals surface area (Å²) >= 11 is 3.73. The van der Waals surface area contributed by atoms with Crippen LogP contribution in [0.15, 0.2) is 0 Å². The fourth-order valence-corrected chi connectivity index (χ4v) is 6.19. The predicted molar refractivity (Wildman–Crippen MR) is 72.0 cm³/mol. The number of fused-ring (bicyclic) bond motifs is 5. The minimum atomic E-state index is -0.720. The van der Waals surface area contributed by atoms with Crippen molar-refractivity contribution in [2.45, 2.75) is 38.3 Å². The summed E-state index contributed by atoms with van der Waals surface area (Å²) in [6, 6.07) is 0. The van der Waals surface area contributed by atoms with Crippen LogP contribution in [-0.4, -0.2) is 43.3 Å². The van der Waals surface area contributed by atoms with E-state index in [1.165, 1.54) is 0 Å². The highest BCUT2D eigenvalue weighted by Crippen LogP contribution is 2.77. The van der Waals surface area contributed by atoms with E-state index in [-0.39, 0.29) is 10.8 Å². The molecule has 19 heavy (non-hydrogen) atoms. The maximum Gasteiger partial charge on any atom is 0.230 e. The average molecular weight is 333 g/mol. The molecular weight excluding hydrogens is 312 g/mol. The summed E-state index contributed by atoms with van der Waals surface area (Å²) in [4.78, 5) is 0. The van der Waals surface area contributed by atoms with Gasteiger partial charge in [-0.1, -0.05) is 29.8 Å². The molecule has 2 saturated heterocycles. The van der Waals surface area contributed by atoms with E-state index in [4.69, 9.17) is 18.9 Å². The van der Waals surface area contributed by atoms with Crippen LogP contribution in [0.4, 0.5) is 0 Å². The quantitative estimate of drug-likeness (QED) is 0.690. The van der Waals surface area contributed by atoms with Crippen molar-refractivity contribution in [2.75, 3.05) is 31.8 Å². The molecule has 2 spiro atoms. The number of rotatable bonds is 1. The molecule has 0 aromatic rings. The zero-order chi connectivity index (χ0) is 13.4. The summed E-state index contributed by atoms with van der Waals surface area (Å²) < 4.78 is 24.6. The first-order chi connectivity index (χ1) is 9.06. The molecule has 5 heteroatoms. The van der Waals surface area contributed by atoms with Crippen molar-refractivity contribution >= 4 is 15.9 Å². The van der Waals surface area contributed by atoms with E-state index in [1.807, 2.05) is 0 Å². The van der Waals surface area contributed by atoms with Gasteiger partial charge in [0, 0.05) is 16.7 Å². The summed E-state index contributed by atoms with van der Waals surface area (Å²) in [5.74, 6) is -1.09. The van der Waals surface area contributed by atoms with Gasteiger partial charge in [0.1, 0.15) is 0 Å². The van der Waals surface area contributed by atoms with E-state index in [0.29, 0.717) is 32.3 Å². The van der Waals surface area contributed by atoms with Crippen LogP contribution in [0.3, 0.4) is 0 Å². The third kappa shape index (κ3) is 1.11. The van der Waals surface area contributed by atoms with E-state index in [2.05, 4.69) is 29.8 Å². The molecule has 2 saturated carbocycles. The molecule has 0 N–H and O–H groups in total. The Morgan fingerprint density at radius 3 is 2.16 bits per heavy atom. The normalized spacial score (nSPS) is 49.7. The van der Waals surface area contributed by atoms with Gasteiger partial charge in [0.25, 0.3) is 0 Å². The fourth-order valence-electron chi connectivity index (χ4n) is 5.18. The lowest BCUT2D eigenvalue weighted by Crippen LogP contribution is -2.63. The van der Waals surface area contributed by atoms with Gasteiger partial charge >= 0.3 is 0 Å². The van der Waals surface area contributed by atoms with E-state index >= 15 is 0 Å². The summed E-state index contributed by atoms with van der Waals surface area (Å²) in [7, 11) is 0. The number of ether oxygens (including phenoxy) is 4. The van der Waals surface area contributed by atoms with Gasteiger partial charge in [0.15, 0.2) is 0 Å². The van der Waals surface area contributed by atoms with E-state index in [9.17, 15) is 0 Å². The van der Waals surface area contributed by atoms with Crippen LogP contribution in [0.5, 0.6) is 0 Å². The minimum absolute atomic E-state index is 0.0711. The van der Waals surface area contributed by atoms with Gasteiger partial charge in [-0.15, -0.1) is 0 Å². The van der Waals surface area contributed by atoms with Crippen LogP contribution in [0.1, 0.15) is 26.7 Å². The van der Waals surface area contributed by atoms with Gasteiger partial charge in [-0.3, -0.25) is 0 Å². The number of hydrogen-bond donors (Lipinski definition) is 0. The summed E-state index contributed by atoms with van der Waals surface area (Å²) in [5.41, 5.74) is -0.00329. The molecule has 4 nitrogen and oxygen atoms in total. The third-order valence-corrected chi connectivity index (χ3v) is 7.46. The largest absolute Gasteiger partial charge is 0.343 e. The lowest BCUT2D eigenvalue weighted by atomic mass is 9.68. The maximum atomic E-state index is 6.18. The molecule has 4 fully saturated rings. The average Bonchev–Trinajstić information content (AvgIpc) is 3.11. The molecule has 2 bridgehead atoms. The van der Waals surface area contributed by atoms with Crippen LogP contribution in [0.25, 0.3) is 0 Å². The van der Waals surface area contributed by atoms with Gasteiger partial charge in [-0.2, -0.15) is 0 Å².